The van der Waals surface area contributed by atoms with Crippen molar-refractivity contribution in [3.63, 3.8) is 0 Å². The molecular weight excluding hydrogens is 416 g/mol. The first-order valence-electron chi connectivity index (χ1n) is 8.40. The van der Waals surface area contributed by atoms with Crippen molar-refractivity contribution in [1.82, 2.24) is 5.32 Å². The van der Waals surface area contributed by atoms with E-state index in [9.17, 15) is 18.3 Å². The summed E-state index contributed by atoms with van der Waals surface area (Å²) in [6.07, 6.45) is -5.89. The number of oxime groups is 1. The maximum atomic E-state index is 14.0. The average molecular weight is 433 g/mol. The predicted molar refractivity (Wildman–Crippen MR) is 101 cm³/mol. The fourth-order valence-electron chi connectivity index (χ4n) is 2.93. The zero-order valence-electron chi connectivity index (χ0n) is 14.7. The van der Waals surface area contributed by atoms with Crippen molar-refractivity contribution in [2.45, 2.75) is 37.9 Å². The number of aliphatic hydroxyl groups excluding tert-OH is 1. The van der Waals surface area contributed by atoms with Gasteiger partial charge in [-0.2, -0.15) is 13.2 Å². The molecule has 0 saturated heterocycles. The van der Waals surface area contributed by atoms with Crippen LogP contribution in [0, 0.1) is 0 Å². The van der Waals surface area contributed by atoms with Crippen LogP contribution >= 0.6 is 23.2 Å². The first-order chi connectivity index (χ1) is 13.1. The van der Waals surface area contributed by atoms with Crippen molar-refractivity contribution in [3.8, 4) is 0 Å². The molecule has 3 rings (SSSR count). The number of nitrogens with one attached hydrogen (secondary N) is 1. The third kappa shape index (κ3) is 4.27. The molecule has 0 bridgehead atoms. The van der Waals surface area contributed by atoms with Crippen molar-refractivity contribution in [1.29, 1.82) is 0 Å². The number of rotatable bonds is 5. The van der Waals surface area contributed by atoms with E-state index in [1.165, 1.54) is 18.2 Å². The highest BCUT2D eigenvalue weighted by atomic mass is 35.5. The molecule has 4 nitrogen and oxygen atoms in total. The van der Waals surface area contributed by atoms with Crippen LogP contribution in [0.2, 0.25) is 10.0 Å². The molecule has 0 aliphatic carbocycles. The van der Waals surface area contributed by atoms with Crippen LogP contribution in [-0.4, -0.2) is 23.2 Å². The second-order valence-electron chi connectivity index (χ2n) is 6.54. The van der Waals surface area contributed by atoms with Gasteiger partial charge < -0.3 is 9.94 Å². The van der Waals surface area contributed by atoms with Crippen LogP contribution < -0.4 is 5.32 Å². The minimum Gasteiger partial charge on any atom is -0.379 e. The minimum absolute atomic E-state index is 0.0816. The third-order valence-electron chi connectivity index (χ3n) is 4.40. The molecule has 150 valence electrons. The SMILES string of the molecule is CC(O)NCc1ccc(C2=NOC(c3cc(Cl)cc(Cl)c3)(C(F)(F)F)C2)cc1. The molecule has 0 saturated carbocycles. The van der Waals surface area contributed by atoms with E-state index in [0.717, 1.165) is 5.56 Å². The van der Waals surface area contributed by atoms with Gasteiger partial charge in [0, 0.05) is 28.6 Å². The smallest absolute Gasteiger partial charge is 0.379 e. The molecule has 0 fully saturated rings. The average Bonchev–Trinajstić information content (AvgIpc) is 3.06. The molecule has 1 aliphatic heterocycles. The van der Waals surface area contributed by atoms with E-state index in [4.69, 9.17) is 28.0 Å². The Morgan fingerprint density at radius 1 is 1.18 bits per heavy atom. The highest BCUT2D eigenvalue weighted by molar-refractivity contribution is 6.34. The van der Waals surface area contributed by atoms with Gasteiger partial charge in [-0.3, -0.25) is 5.32 Å². The lowest BCUT2D eigenvalue weighted by atomic mass is 9.86. The molecule has 2 aromatic carbocycles. The molecule has 1 heterocycles. The minimum atomic E-state index is -4.73. The molecule has 0 radical (unpaired) electrons. The Morgan fingerprint density at radius 2 is 1.79 bits per heavy atom. The normalized spacial score (nSPS) is 20.6. The Bertz CT molecular complexity index is 865. The molecule has 1 aliphatic rings. The quantitative estimate of drug-likeness (QED) is 0.653. The highest BCUT2D eigenvalue weighted by Gasteiger charge is 2.62. The Labute approximate surface area is 169 Å². The summed E-state index contributed by atoms with van der Waals surface area (Å²) in [4.78, 5) is 4.98. The molecule has 2 atom stereocenters. The van der Waals surface area contributed by atoms with E-state index in [-0.39, 0.29) is 21.3 Å². The van der Waals surface area contributed by atoms with E-state index >= 15 is 0 Å². The van der Waals surface area contributed by atoms with Crippen molar-refractivity contribution in [2.24, 2.45) is 5.16 Å². The topological polar surface area (TPSA) is 53.8 Å². The highest BCUT2D eigenvalue weighted by Crippen LogP contribution is 2.49. The third-order valence-corrected chi connectivity index (χ3v) is 4.84. The van der Waals surface area contributed by atoms with E-state index in [0.29, 0.717) is 12.1 Å². The number of aliphatic hydroxyl groups is 1. The predicted octanol–water partition coefficient (Wildman–Crippen LogP) is 5.00. The maximum absolute atomic E-state index is 14.0. The fourth-order valence-corrected chi connectivity index (χ4v) is 3.45. The molecule has 28 heavy (non-hydrogen) atoms. The maximum Gasteiger partial charge on any atom is 0.435 e. The van der Waals surface area contributed by atoms with Crippen LogP contribution in [0.3, 0.4) is 0 Å². The van der Waals surface area contributed by atoms with E-state index in [2.05, 4.69) is 10.5 Å². The van der Waals surface area contributed by atoms with Crippen molar-refractivity contribution < 1.29 is 23.1 Å². The van der Waals surface area contributed by atoms with Gasteiger partial charge in [-0.25, -0.2) is 0 Å². The second kappa shape index (κ2) is 7.91. The van der Waals surface area contributed by atoms with Gasteiger partial charge in [-0.15, -0.1) is 0 Å². The summed E-state index contributed by atoms with van der Waals surface area (Å²) in [5.74, 6) is 0. The first-order valence-corrected chi connectivity index (χ1v) is 9.15. The van der Waals surface area contributed by atoms with Crippen LogP contribution in [0.25, 0.3) is 0 Å². The number of hydrogen-bond donors (Lipinski definition) is 2. The lowest BCUT2D eigenvalue weighted by Gasteiger charge is -2.29. The number of alkyl halides is 3. The van der Waals surface area contributed by atoms with Gasteiger partial charge in [0.15, 0.2) is 0 Å². The summed E-state index contributed by atoms with van der Waals surface area (Å²) in [5, 5.41) is 16.0. The number of hydrogen-bond acceptors (Lipinski definition) is 4. The molecule has 0 spiro atoms. The van der Waals surface area contributed by atoms with Crippen molar-refractivity contribution in [2.75, 3.05) is 0 Å². The van der Waals surface area contributed by atoms with E-state index < -0.39 is 24.4 Å². The second-order valence-corrected chi connectivity index (χ2v) is 7.42. The Hall–Kier alpha value is -1.80. The van der Waals surface area contributed by atoms with Crippen LogP contribution in [0.4, 0.5) is 13.2 Å². The monoisotopic (exact) mass is 432 g/mol. The molecule has 0 aromatic heterocycles. The molecule has 0 amide bonds. The zero-order valence-corrected chi connectivity index (χ0v) is 16.2. The number of benzene rings is 2. The summed E-state index contributed by atoms with van der Waals surface area (Å²) in [5.41, 5.74) is -1.30. The van der Waals surface area contributed by atoms with E-state index in [1.807, 2.05) is 0 Å². The first kappa shape index (κ1) is 20.9. The molecular formula is C19H17Cl2F3N2O2. The van der Waals surface area contributed by atoms with Crippen LogP contribution in [0.15, 0.2) is 47.6 Å². The van der Waals surface area contributed by atoms with Gasteiger partial charge in [0.05, 0.1) is 5.71 Å². The van der Waals surface area contributed by atoms with Crippen LogP contribution in [0.5, 0.6) is 0 Å². The Morgan fingerprint density at radius 3 is 2.32 bits per heavy atom. The Balaban J connectivity index is 1.87. The number of nitrogens with zero attached hydrogens (tertiary/aromatic N) is 1. The summed E-state index contributed by atoms with van der Waals surface area (Å²) in [6.45, 7) is 2.02. The molecule has 2 unspecified atom stereocenters. The summed E-state index contributed by atoms with van der Waals surface area (Å²) in [6, 6.07) is 10.5. The fraction of sp³-hybridized carbons (Fsp3) is 0.316. The molecule has 2 N–H and O–H groups in total. The summed E-state index contributed by atoms with van der Waals surface area (Å²) >= 11 is 11.8. The van der Waals surface area contributed by atoms with Gasteiger partial charge in [0.1, 0.15) is 6.23 Å². The zero-order chi connectivity index (χ0) is 20.5. The summed E-state index contributed by atoms with van der Waals surface area (Å²) in [7, 11) is 0. The van der Waals surface area contributed by atoms with Gasteiger partial charge >= 0.3 is 6.18 Å². The lowest BCUT2D eigenvalue weighted by molar-refractivity contribution is -0.275. The van der Waals surface area contributed by atoms with Crippen molar-refractivity contribution in [3.05, 3.63) is 69.2 Å². The molecule has 2 aromatic rings. The molecule has 9 heteroatoms. The Kier molecular flexibility index (Phi) is 5.91. The van der Waals surface area contributed by atoms with E-state index in [1.54, 1.807) is 31.2 Å². The van der Waals surface area contributed by atoms with Gasteiger partial charge in [0.25, 0.3) is 5.60 Å². The number of halogens is 5. The van der Waals surface area contributed by atoms with Gasteiger partial charge in [0.2, 0.25) is 0 Å². The lowest BCUT2D eigenvalue weighted by Crippen LogP contribution is -2.42. The van der Waals surface area contributed by atoms with Crippen molar-refractivity contribution >= 4 is 28.9 Å². The standard InChI is InChI=1S/C19H17Cl2F3N2O2/c1-11(27)25-10-12-2-4-13(5-3-12)17-9-18(28-26-17,19(22,23)24)14-6-15(20)8-16(21)7-14/h2-8,11,25,27H,9-10H2,1H3. The summed E-state index contributed by atoms with van der Waals surface area (Å²) < 4.78 is 41.9. The van der Waals surface area contributed by atoms with Gasteiger partial charge in [-0.1, -0.05) is 52.6 Å². The largest absolute Gasteiger partial charge is 0.435 e. The van der Waals surface area contributed by atoms with Crippen LogP contribution in [-0.2, 0) is 17.0 Å². The van der Waals surface area contributed by atoms with Gasteiger partial charge in [-0.05, 0) is 36.2 Å². The van der Waals surface area contributed by atoms with Crippen LogP contribution in [0.1, 0.15) is 30.0 Å².